The average Bonchev–Trinajstić information content (AvgIpc) is 2.67. The number of benzene rings is 2. The SMILES string of the molecule is CC[C@@H](C(=O)NC)N(CCc1ccccc1)C(=O)Cc1ccc(C)cc1. The maximum Gasteiger partial charge on any atom is 0.242 e. The first-order valence-corrected chi connectivity index (χ1v) is 9.15. The van der Waals surface area contributed by atoms with Gasteiger partial charge in [0.25, 0.3) is 0 Å². The Hall–Kier alpha value is -2.62. The van der Waals surface area contributed by atoms with Gasteiger partial charge in [-0.3, -0.25) is 9.59 Å². The van der Waals surface area contributed by atoms with Gasteiger partial charge in [-0.2, -0.15) is 0 Å². The molecule has 2 rings (SSSR count). The van der Waals surface area contributed by atoms with Crippen LogP contribution in [0.1, 0.15) is 30.0 Å². The van der Waals surface area contributed by atoms with Crippen LogP contribution in [0.25, 0.3) is 0 Å². The van der Waals surface area contributed by atoms with E-state index >= 15 is 0 Å². The minimum Gasteiger partial charge on any atom is -0.357 e. The molecule has 26 heavy (non-hydrogen) atoms. The van der Waals surface area contributed by atoms with Gasteiger partial charge in [-0.1, -0.05) is 67.1 Å². The maximum absolute atomic E-state index is 13.0. The molecule has 4 nitrogen and oxygen atoms in total. The molecular weight excluding hydrogens is 324 g/mol. The summed E-state index contributed by atoms with van der Waals surface area (Å²) in [6.45, 7) is 4.49. The van der Waals surface area contributed by atoms with E-state index in [0.717, 1.165) is 17.5 Å². The van der Waals surface area contributed by atoms with E-state index in [9.17, 15) is 9.59 Å². The third kappa shape index (κ3) is 5.45. The number of hydrogen-bond acceptors (Lipinski definition) is 2. The van der Waals surface area contributed by atoms with Crippen molar-refractivity contribution in [2.75, 3.05) is 13.6 Å². The van der Waals surface area contributed by atoms with E-state index < -0.39 is 6.04 Å². The zero-order valence-electron chi connectivity index (χ0n) is 15.9. The number of aryl methyl sites for hydroxylation is 1. The lowest BCUT2D eigenvalue weighted by molar-refractivity contribution is -0.140. The average molecular weight is 352 g/mol. The highest BCUT2D eigenvalue weighted by Gasteiger charge is 2.27. The van der Waals surface area contributed by atoms with Gasteiger partial charge >= 0.3 is 0 Å². The molecule has 0 radical (unpaired) electrons. The Bertz CT molecular complexity index is 711. The van der Waals surface area contributed by atoms with Crippen molar-refractivity contribution in [3.05, 3.63) is 71.3 Å². The summed E-state index contributed by atoms with van der Waals surface area (Å²) < 4.78 is 0. The number of carbonyl (C=O) groups excluding carboxylic acids is 2. The van der Waals surface area contributed by atoms with Crippen molar-refractivity contribution < 1.29 is 9.59 Å². The summed E-state index contributed by atoms with van der Waals surface area (Å²) in [5, 5.41) is 2.69. The fourth-order valence-electron chi connectivity index (χ4n) is 3.04. The first-order valence-electron chi connectivity index (χ1n) is 9.15. The van der Waals surface area contributed by atoms with E-state index in [0.29, 0.717) is 19.4 Å². The molecule has 0 bridgehead atoms. The van der Waals surface area contributed by atoms with E-state index in [2.05, 4.69) is 5.32 Å². The van der Waals surface area contributed by atoms with E-state index in [1.807, 2.05) is 68.4 Å². The fourth-order valence-corrected chi connectivity index (χ4v) is 3.04. The lowest BCUT2D eigenvalue weighted by Crippen LogP contribution is -2.49. The predicted molar refractivity (Wildman–Crippen MR) is 105 cm³/mol. The van der Waals surface area contributed by atoms with Gasteiger partial charge in [-0.05, 0) is 30.9 Å². The van der Waals surface area contributed by atoms with Crippen molar-refractivity contribution in [2.24, 2.45) is 0 Å². The Balaban J connectivity index is 2.16. The summed E-state index contributed by atoms with van der Waals surface area (Å²) in [6.07, 6.45) is 1.63. The van der Waals surface area contributed by atoms with Crippen LogP contribution in [0.3, 0.4) is 0 Å². The van der Waals surface area contributed by atoms with Gasteiger partial charge in [-0.25, -0.2) is 0 Å². The molecule has 0 aromatic heterocycles. The Morgan fingerprint density at radius 1 is 1.00 bits per heavy atom. The molecule has 0 aliphatic rings. The Morgan fingerprint density at radius 2 is 1.65 bits per heavy atom. The van der Waals surface area contributed by atoms with Gasteiger partial charge in [0.15, 0.2) is 0 Å². The van der Waals surface area contributed by atoms with Crippen molar-refractivity contribution in [3.63, 3.8) is 0 Å². The molecule has 2 aromatic rings. The molecule has 0 heterocycles. The largest absolute Gasteiger partial charge is 0.357 e. The number of likely N-dealkylation sites (N-methyl/N-ethyl adjacent to an activating group) is 1. The highest BCUT2D eigenvalue weighted by molar-refractivity contribution is 5.88. The number of rotatable bonds is 8. The Morgan fingerprint density at radius 3 is 2.23 bits per heavy atom. The topological polar surface area (TPSA) is 49.4 Å². The van der Waals surface area contributed by atoms with Crippen LogP contribution < -0.4 is 5.32 Å². The number of amides is 2. The molecule has 1 N–H and O–H groups in total. The van der Waals surface area contributed by atoms with Gasteiger partial charge in [0.1, 0.15) is 6.04 Å². The molecule has 4 heteroatoms. The minimum absolute atomic E-state index is 0.0137. The number of carbonyl (C=O) groups is 2. The molecule has 0 aliphatic carbocycles. The molecular formula is C22H28N2O2. The molecule has 0 unspecified atom stereocenters. The monoisotopic (exact) mass is 352 g/mol. The van der Waals surface area contributed by atoms with Crippen LogP contribution in [-0.2, 0) is 22.4 Å². The third-order valence-electron chi connectivity index (χ3n) is 4.59. The van der Waals surface area contributed by atoms with E-state index in [1.54, 1.807) is 11.9 Å². The highest BCUT2D eigenvalue weighted by atomic mass is 16.2. The Kier molecular flexibility index (Phi) is 7.39. The van der Waals surface area contributed by atoms with E-state index in [4.69, 9.17) is 0 Å². The van der Waals surface area contributed by atoms with Gasteiger partial charge in [0.2, 0.25) is 11.8 Å². The first-order chi connectivity index (χ1) is 12.5. The summed E-state index contributed by atoms with van der Waals surface area (Å²) in [5.41, 5.74) is 3.29. The predicted octanol–water partition coefficient (Wildman–Crippen LogP) is 3.13. The quantitative estimate of drug-likeness (QED) is 0.793. The molecule has 138 valence electrons. The minimum atomic E-state index is -0.443. The first kappa shape index (κ1) is 19.7. The van der Waals surface area contributed by atoms with Crippen molar-refractivity contribution in [1.82, 2.24) is 10.2 Å². The second-order valence-electron chi connectivity index (χ2n) is 6.52. The molecule has 0 aliphatic heterocycles. The van der Waals surface area contributed by atoms with Gasteiger partial charge in [0, 0.05) is 13.6 Å². The van der Waals surface area contributed by atoms with Crippen LogP contribution >= 0.6 is 0 Å². The van der Waals surface area contributed by atoms with Crippen LogP contribution in [-0.4, -0.2) is 36.3 Å². The summed E-state index contributed by atoms with van der Waals surface area (Å²) in [4.78, 5) is 27.0. The molecule has 0 saturated carbocycles. The third-order valence-corrected chi connectivity index (χ3v) is 4.59. The highest BCUT2D eigenvalue weighted by Crippen LogP contribution is 2.12. The standard InChI is InChI=1S/C22H28N2O2/c1-4-20(22(26)23-3)24(15-14-18-8-6-5-7-9-18)21(25)16-19-12-10-17(2)11-13-19/h5-13,20H,4,14-16H2,1-3H3,(H,23,26)/t20-/m0/s1. The lowest BCUT2D eigenvalue weighted by atomic mass is 10.1. The molecule has 2 aromatic carbocycles. The second kappa shape index (κ2) is 9.76. The zero-order valence-corrected chi connectivity index (χ0v) is 15.9. The molecule has 1 atom stereocenters. The van der Waals surface area contributed by atoms with E-state index in [-0.39, 0.29) is 11.8 Å². The van der Waals surface area contributed by atoms with Crippen LogP contribution in [0.15, 0.2) is 54.6 Å². The maximum atomic E-state index is 13.0. The van der Waals surface area contributed by atoms with Crippen LogP contribution in [0.5, 0.6) is 0 Å². The molecule has 0 saturated heterocycles. The van der Waals surface area contributed by atoms with E-state index in [1.165, 1.54) is 5.56 Å². The number of nitrogens with zero attached hydrogens (tertiary/aromatic N) is 1. The Labute approximate surface area is 156 Å². The fraction of sp³-hybridized carbons (Fsp3) is 0.364. The number of nitrogens with one attached hydrogen (secondary N) is 1. The lowest BCUT2D eigenvalue weighted by Gasteiger charge is -2.30. The van der Waals surface area contributed by atoms with Crippen molar-refractivity contribution in [1.29, 1.82) is 0 Å². The van der Waals surface area contributed by atoms with Gasteiger partial charge < -0.3 is 10.2 Å². The second-order valence-corrected chi connectivity index (χ2v) is 6.52. The molecule has 0 spiro atoms. The summed E-state index contributed by atoms with van der Waals surface area (Å²) in [6, 6.07) is 17.6. The molecule has 0 fully saturated rings. The van der Waals surface area contributed by atoms with Crippen LogP contribution in [0.4, 0.5) is 0 Å². The molecule has 2 amide bonds. The normalized spacial score (nSPS) is 11.7. The van der Waals surface area contributed by atoms with Crippen molar-refractivity contribution in [2.45, 2.75) is 39.2 Å². The summed E-state index contributed by atoms with van der Waals surface area (Å²) in [5.74, 6) is -0.127. The van der Waals surface area contributed by atoms with Crippen LogP contribution in [0, 0.1) is 6.92 Å². The van der Waals surface area contributed by atoms with Crippen molar-refractivity contribution >= 4 is 11.8 Å². The number of hydrogen-bond donors (Lipinski definition) is 1. The smallest absolute Gasteiger partial charge is 0.242 e. The van der Waals surface area contributed by atoms with Crippen LogP contribution in [0.2, 0.25) is 0 Å². The van der Waals surface area contributed by atoms with Crippen molar-refractivity contribution in [3.8, 4) is 0 Å². The summed E-state index contributed by atoms with van der Waals surface area (Å²) >= 11 is 0. The van der Waals surface area contributed by atoms with Gasteiger partial charge in [-0.15, -0.1) is 0 Å². The van der Waals surface area contributed by atoms with Gasteiger partial charge in [0.05, 0.1) is 6.42 Å². The zero-order chi connectivity index (χ0) is 18.9. The summed E-state index contributed by atoms with van der Waals surface area (Å²) in [7, 11) is 1.62.